The molecule has 1 saturated heterocycles. The van der Waals surface area contributed by atoms with E-state index in [4.69, 9.17) is 5.53 Å². The summed E-state index contributed by atoms with van der Waals surface area (Å²) in [6.45, 7) is 3.74. The Morgan fingerprint density at radius 2 is 2.33 bits per heavy atom. The molecular formula is C10H18N4O. The van der Waals surface area contributed by atoms with Gasteiger partial charge < -0.3 is 10.0 Å². The Morgan fingerprint density at radius 3 is 2.80 bits per heavy atom. The van der Waals surface area contributed by atoms with Crippen LogP contribution in [0.4, 0.5) is 0 Å². The number of nitrogens with zero attached hydrogens (tertiary/aromatic N) is 4. The first-order valence-electron chi connectivity index (χ1n) is 5.65. The minimum atomic E-state index is 0.304. The van der Waals surface area contributed by atoms with Crippen molar-refractivity contribution in [3.05, 3.63) is 10.4 Å². The van der Waals surface area contributed by atoms with Crippen LogP contribution < -0.4 is 0 Å². The zero-order valence-corrected chi connectivity index (χ0v) is 8.97. The van der Waals surface area contributed by atoms with Crippen molar-refractivity contribution < 1.29 is 5.11 Å². The molecule has 1 aliphatic heterocycles. The van der Waals surface area contributed by atoms with E-state index in [1.54, 1.807) is 0 Å². The van der Waals surface area contributed by atoms with Crippen LogP contribution >= 0.6 is 0 Å². The molecule has 1 spiro atoms. The van der Waals surface area contributed by atoms with Gasteiger partial charge >= 0.3 is 0 Å². The summed E-state index contributed by atoms with van der Waals surface area (Å²) in [6.07, 6.45) is 3.83. The molecule has 1 heterocycles. The van der Waals surface area contributed by atoms with E-state index < -0.39 is 0 Å². The first-order valence-corrected chi connectivity index (χ1v) is 5.65. The van der Waals surface area contributed by atoms with E-state index in [1.165, 1.54) is 19.3 Å². The van der Waals surface area contributed by atoms with Crippen molar-refractivity contribution >= 4 is 0 Å². The highest BCUT2D eigenvalue weighted by molar-refractivity contribution is 5.01. The molecule has 2 rings (SSSR count). The van der Waals surface area contributed by atoms with Gasteiger partial charge in [0.2, 0.25) is 0 Å². The second-order valence-corrected chi connectivity index (χ2v) is 4.79. The van der Waals surface area contributed by atoms with Gasteiger partial charge in [0.15, 0.2) is 0 Å². The molecule has 2 fully saturated rings. The molecule has 1 N–H and O–H groups in total. The maximum atomic E-state index is 9.35. The van der Waals surface area contributed by atoms with Crippen LogP contribution in [0.1, 0.15) is 19.3 Å². The first-order chi connectivity index (χ1) is 7.30. The van der Waals surface area contributed by atoms with Crippen LogP contribution in [0.5, 0.6) is 0 Å². The molecule has 0 aromatic heterocycles. The van der Waals surface area contributed by atoms with E-state index in [0.29, 0.717) is 24.5 Å². The molecule has 0 bridgehead atoms. The molecule has 0 aromatic carbocycles. The third kappa shape index (κ3) is 1.95. The maximum absolute atomic E-state index is 9.35. The van der Waals surface area contributed by atoms with Crippen LogP contribution in [0.3, 0.4) is 0 Å². The van der Waals surface area contributed by atoms with Gasteiger partial charge in [-0.2, -0.15) is 0 Å². The minimum absolute atomic E-state index is 0.304. The van der Waals surface area contributed by atoms with Crippen LogP contribution in [0.15, 0.2) is 5.11 Å². The second-order valence-electron chi connectivity index (χ2n) is 4.79. The highest BCUT2D eigenvalue weighted by Crippen LogP contribution is 2.51. The van der Waals surface area contributed by atoms with Gasteiger partial charge in [-0.1, -0.05) is 11.5 Å². The minimum Gasteiger partial charge on any atom is -0.396 e. The summed E-state index contributed by atoms with van der Waals surface area (Å²) in [6, 6.07) is 0. The zero-order chi connectivity index (χ0) is 10.7. The van der Waals surface area contributed by atoms with Gasteiger partial charge in [0.05, 0.1) is 0 Å². The van der Waals surface area contributed by atoms with Gasteiger partial charge in [-0.3, -0.25) is 0 Å². The highest BCUT2D eigenvalue weighted by atomic mass is 16.3. The first kappa shape index (κ1) is 10.7. The fourth-order valence-electron chi connectivity index (χ4n) is 2.99. The number of hydrogen-bond donors (Lipinski definition) is 1. The van der Waals surface area contributed by atoms with Crippen LogP contribution in [-0.2, 0) is 0 Å². The molecule has 15 heavy (non-hydrogen) atoms. The average molecular weight is 210 g/mol. The SMILES string of the molecule is [N-]=[N+]=NCCN1CC(CO)C2(CCC2)C1. The Labute approximate surface area is 89.7 Å². The summed E-state index contributed by atoms with van der Waals surface area (Å²) in [7, 11) is 0. The van der Waals surface area contributed by atoms with E-state index in [1.807, 2.05) is 0 Å². The maximum Gasteiger partial charge on any atom is 0.0477 e. The normalized spacial score (nSPS) is 28.7. The Bertz CT molecular complexity index is 271. The standard InChI is InChI=1S/C10H18N4O/c11-13-12-4-5-14-6-9(7-15)10(8-14)2-1-3-10/h9,15H,1-8H2. The lowest BCUT2D eigenvalue weighted by molar-refractivity contribution is 0.0543. The van der Waals surface area contributed by atoms with Crippen molar-refractivity contribution in [1.29, 1.82) is 0 Å². The van der Waals surface area contributed by atoms with Gasteiger partial charge in [-0.15, -0.1) is 0 Å². The van der Waals surface area contributed by atoms with Gasteiger partial charge in [-0.05, 0) is 23.8 Å². The van der Waals surface area contributed by atoms with E-state index in [2.05, 4.69) is 14.9 Å². The number of hydrogen-bond acceptors (Lipinski definition) is 3. The second kappa shape index (κ2) is 4.39. The Hall–Kier alpha value is -0.770. The quantitative estimate of drug-likeness (QED) is 0.432. The predicted molar refractivity (Wildman–Crippen MR) is 57.3 cm³/mol. The van der Waals surface area contributed by atoms with Crippen molar-refractivity contribution in [2.24, 2.45) is 16.4 Å². The molecule has 84 valence electrons. The predicted octanol–water partition coefficient (Wildman–Crippen LogP) is 1.39. The average Bonchev–Trinajstić information content (AvgIpc) is 2.57. The fourth-order valence-corrected chi connectivity index (χ4v) is 2.99. The van der Waals surface area contributed by atoms with Crippen molar-refractivity contribution in [1.82, 2.24) is 4.90 Å². The van der Waals surface area contributed by atoms with Crippen molar-refractivity contribution in [3.8, 4) is 0 Å². The van der Waals surface area contributed by atoms with Gasteiger partial charge in [0.25, 0.3) is 0 Å². The summed E-state index contributed by atoms with van der Waals surface area (Å²) < 4.78 is 0. The molecule has 5 heteroatoms. The summed E-state index contributed by atoms with van der Waals surface area (Å²) >= 11 is 0. The molecule has 1 unspecified atom stereocenters. The molecule has 0 aromatic rings. The molecule has 1 aliphatic carbocycles. The third-order valence-electron chi connectivity index (χ3n) is 4.03. The van der Waals surface area contributed by atoms with Gasteiger partial charge in [-0.25, -0.2) is 0 Å². The summed E-state index contributed by atoms with van der Waals surface area (Å²) in [5.41, 5.74) is 8.59. The number of rotatable bonds is 4. The lowest BCUT2D eigenvalue weighted by Crippen LogP contribution is -2.39. The largest absolute Gasteiger partial charge is 0.396 e. The van der Waals surface area contributed by atoms with Crippen LogP contribution in [-0.4, -0.2) is 42.8 Å². The fraction of sp³-hybridized carbons (Fsp3) is 1.00. The Morgan fingerprint density at radius 1 is 1.53 bits per heavy atom. The van der Waals surface area contributed by atoms with Crippen LogP contribution in [0, 0.1) is 11.3 Å². The number of azide groups is 1. The lowest BCUT2D eigenvalue weighted by atomic mass is 9.63. The summed E-state index contributed by atoms with van der Waals surface area (Å²) in [5, 5.41) is 12.9. The van der Waals surface area contributed by atoms with E-state index in [9.17, 15) is 5.11 Å². The third-order valence-corrected chi connectivity index (χ3v) is 4.03. The van der Waals surface area contributed by atoms with Crippen LogP contribution in [0.25, 0.3) is 10.4 Å². The van der Waals surface area contributed by atoms with Gasteiger partial charge in [0.1, 0.15) is 0 Å². The van der Waals surface area contributed by atoms with Crippen molar-refractivity contribution in [2.75, 3.05) is 32.8 Å². The van der Waals surface area contributed by atoms with Crippen molar-refractivity contribution in [3.63, 3.8) is 0 Å². The topological polar surface area (TPSA) is 72.2 Å². The van der Waals surface area contributed by atoms with E-state index in [-0.39, 0.29) is 0 Å². The summed E-state index contributed by atoms with van der Waals surface area (Å²) in [4.78, 5) is 5.08. The Balaban J connectivity index is 1.87. The van der Waals surface area contributed by atoms with E-state index in [0.717, 1.165) is 19.6 Å². The Kier molecular flexibility index (Phi) is 3.14. The van der Waals surface area contributed by atoms with E-state index >= 15 is 0 Å². The molecule has 2 aliphatic rings. The molecule has 1 atom stereocenters. The highest BCUT2D eigenvalue weighted by Gasteiger charge is 2.49. The molecular weight excluding hydrogens is 192 g/mol. The summed E-state index contributed by atoms with van der Waals surface area (Å²) in [5.74, 6) is 0.442. The lowest BCUT2D eigenvalue weighted by Gasteiger charge is -2.42. The monoisotopic (exact) mass is 210 g/mol. The van der Waals surface area contributed by atoms with Crippen molar-refractivity contribution in [2.45, 2.75) is 19.3 Å². The smallest absolute Gasteiger partial charge is 0.0477 e. The van der Waals surface area contributed by atoms with Gasteiger partial charge in [0, 0.05) is 43.6 Å². The number of aliphatic hydroxyl groups excluding tert-OH is 1. The zero-order valence-electron chi connectivity index (χ0n) is 8.97. The number of aliphatic hydroxyl groups is 1. The molecule has 5 nitrogen and oxygen atoms in total. The number of likely N-dealkylation sites (tertiary alicyclic amines) is 1. The molecule has 1 saturated carbocycles. The molecule has 0 radical (unpaired) electrons. The molecule has 0 amide bonds. The van der Waals surface area contributed by atoms with Crippen LogP contribution in [0.2, 0.25) is 0 Å².